The molecule has 0 saturated carbocycles. The van der Waals surface area contributed by atoms with E-state index in [9.17, 15) is 9.59 Å². The van der Waals surface area contributed by atoms with Crippen LogP contribution < -0.4 is 5.32 Å². The SMILES string of the molecule is COCCn1ccc2ccc(C(=O)Nc3nc(C(=O)OC)c(C(C)C)s3)cc21. The summed E-state index contributed by atoms with van der Waals surface area (Å²) in [6.45, 7) is 5.23. The van der Waals surface area contributed by atoms with Gasteiger partial charge in [0.15, 0.2) is 10.8 Å². The predicted octanol–water partition coefficient (Wildman–Crippen LogP) is 3.91. The second-order valence-corrected chi connectivity index (χ2v) is 7.64. The quantitative estimate of drug-likeness (QED) is 0.607. The summed E-state index contributed by atoms with van der Waals surface area (Å²) in [7, 11) is 2.98. The van der Waals surface area contributed by atoms with Crippen LogP contribution in [0.25, 0.3) is 10.9 Å². The number of rotatable bonds is 7. The molecule has 0 aliphatic rings. The van der Waals surface area contributed by atoms with Crippen molar-refractivity contribution in [3.05, 3.63) is 46.6 Å². The van der Waals surface area contributed by atoms with Crippen LogP contribution in [0.2, 0.25) is 0 Å². The molecule has 0 saturated heterocycles. The van der Waals surface area contributed by atoms with Crippen molar-refractivity contribution in [1.29, 1.82) is 0 Å². The molecule has 0 fully saturated rings. The van der Waals surface area contributed by atoms with E-state index < -0.39 is 5.97 Å². The highest BCUT2D eigenvalue weighted by Gasteiger charge is 2.22. The van der Waals surface area contributed by atoms with Crippen molar-refractivity contribution in [3.8, 4) is 0 Å². The van der Waals surface area contributed by atoms with Gasteiger partial charge in [-0.1, -0.05) is 19.9 Å². The number of anilines is 1. The first-order chi connectivity index (χ1) is 13.4. The number of esters is 1. The number of methoxy groups -OCH3 is 2. The Labute approximate surface area is 167 Å². The number of fused-ring (bicyclic) bond motifs is 1. The Balaban J connectivity index is 1.85. The van der Waals surface area contributed by atoms with E-state index in [0.29, 0.717) is 23.8 Å². The minimum atomic E-state index is -0.502. The lowest BCUT2D eigenvalue weighted by Crippen LogP contribution is -2.12. The van der Waals surface area contributed by atoms with Gasteiger partial charge < -0.3 is 14.0 Å². The van der Waals surface area contributed by atoms with Gasteiger partial charge in [0.2, 0.25) is 0 Å². The number of hydrogen-bond acceptors (Lipinski definition) is 6. The van der Waals surface area contributed by atoms with Gasteiger partial charge in [-0.3, -0.25) is 10.1 Å². The van der Waals surface area contributed by atoms with E-state index >= 15 is 0 Å². The van der Waals surface area contributed by atoms with E-state index in [1.54, 1.807) is 13.2 Å². The Morgan fingerprint density at radius 3 is 2.71 bits per heavy atom. The fourth-order valence-corrected chi connectivity index (χ4v) is 3.85. The number of benzene rings is 1. The smallest absolute Gasteiger partial charge is 0.357 e. The minimum absolute atomic E-state index is 0.0951. The van der Waals surface area contributed by atoms with Crippen LogP contribution in [-0.4, -0.2) is 42.3 Å². The topological polar surface area (TPSA) is 82.5 Å². The molecule has 3 rings (SSSR count). The highest BCUT2D eigenvalue weighted by atomic mass is 32.1. The van der Waals surface area contributed by atoms with Crippen LogP contribution in [0.1, 0.15) is 45.5 Å². The molecule has 2 aromatic heterocycles. The van der Waals surface area contributed by atoms with Gasteiger partial charge in [-0.15, -0.1) is 11.3 Å². The highest BCUT2D eigenvalue weighted by molar-refractivity contribution is 7.16. The van der Waals surface area contributed by atoms with Crippen LogP contribution in [-0.2, 0) is 16.0 Å². The number of amides is 1. The maximum atomic E-state index is 12.7. The molecule has 0 atom stereocenters. The molecule has 28 heavy (non-hydrogen) atoms. The van der Waals surface area contributed by atoms with Gasteiger partial charge in [0.05, 0.1) is 13.7 Å². The van der Waals surface area contributed by atoms with Gasteiger partial charge in [-0.2, -0.15) is 0 Å². The molecule has 1 N–H and O–H groups in total. The van der Waals surface area contributed by atoms with Gasteiger partial charge in [0, 0.05) is 35.8 Å². The third-order valence-electron chi connectivity index (χ3n) is 4.35. The summed E-state index contributed by atoms with van der Waals surface area (Å²) in [6.07, 6.45) is 1.98. The molecular weight excluding hydrogens is 378 g/mol. The molecule has 3 aromatic rings. The fourth-order valence-electron chi connectivity index (χ4n) is 2.90. The molecule has 0 aliphatic carbocycles. The maximum absolute atomic E-state index is 12.7. The molecule has 0 radical (unpaired) electrons. The van der Waals surface area contributed by atoms with Gasteiger partial charge in [0.25, 0.3) is 5.91 Å². The molecule has 0 bridgehead atoms. The summed E-state index contributed by atoms with van der Waals surface area (Å²) in [5.41, 5.74) is 1.73. The summed E-state index contributed by atoms with van der Waals surface area (Å²) in [5.74, 6) is -0.683. The van der Waals surface area contributed by atoms with E-state index in [2.05, 4.69) is 10.3 Å². The van der Waals surface area contributed by atoms with E-state index in [-0.39, 0.29) is 17.5 Å². The van der Waals surface area contributed by atoms with Crippen molar-refractivity contribution in [1.82, 2.24) is 9.55 Å². The largest absolute Gasteiger partial charge is 0.464 e. The number of carbonyl (C=O) groups excluding carboxylic acids is 2. The van der Waals surface area contributed by atoms with Gasteiger partial charge >= 0.3 is 5.97 Å². The monoisotopic (exact) mass is 401 g/mol. The lowest BCUT2D eigenvalue weighted by atomic mass is 10.1. The lowest BCUT2D eigenvalue weighted by Gasteiger charge is -2.06. The van der Waals surface area contributed by atoms with Crippen LogP contribution in [0.5, 0.6) is 0 Å². The van der Waals surface area contributed by atoms with Gasteiger partial charge in [-0.05, 0) is 29.5 Å². The van der Waals surface area contributed by atoms with E-state index in [1.807, 2.05) is 42.8 Å². The zero-order chi connectivity index (χ0) is 20.3. The van der Waals surface area contributed by atoms with Gasteiger partial charge in [0.1, 0.15) is 0 Å². The Bertz CT molecular complexity index is 1010. The summed E-state index contributed by atoms with van der Waals surface area (Å²) < 4.78 is 12.0. The molecule has 1 aromatic carbocycles. The predicted molar refractivity (Wildman–Crippen MR) is 109 cm³/mol. The average Bonchev–Trinajstić information content (AvgIpc) is 3.29. The van der Waals surface area contributed by atoms with E-state index in [0.717, 1.165) is 15.8 Å². The highest BCUT2D eigenvalue weighted by Crippen LogP contribution is 2.30. The third kappa shape index (κ3) is 4.07. The second-order valence-electron chi connectivity index (χ2n) is 6.61. The van der Waals surface area contributed by atoms with Crippen molar-refractivity contribution in [2.75, 3.05) is 26.1 Å². The number of hydrogen-bond donors (Lipinski definition) is 1. The van der Waals surface area contributed by atoms with Crippen molar-refractivity contribution in [3.63, 3.8) is 0 Å². The number of thiazole rings is 1. The number of aromatic nitrogens is 2. The van der Waals surface area contributed by atoms with E-state index in [4.69, 9.17) is 9.47 Å². The lowest BCUT2D eigenvalue weighted by molar-refractivity contribution is 0.0593. The van der Waals surface area contributed by atoms with Crippen LogP contribution in [0.4, 0.5) is 5.13 Å². The molecule has 148 valence electrons. The number of ether oxygens (including phenoxy) is 2. The summed E-state index contributed by atoms with van der Waals surface area (Å²) in [4.78, 5) is 29.7. The first kappa shape index (κ1) is 20.0. The second kappa shape index (κ2) is 8.53. The summed E-state index contributed by atoms with van der Waals surface area (Å²) in [5, 5.41) is 4.23. The van der Waals surface area contributed by atoms with Gasteiger partial charge in [-0.25, -0.2) is 9.78 Å². The summed E-state index contributed by atoms with van der Waals surface area (Å²) >= 11 is 1.29. The Morgan fingerprint density at radius 2 is 2.04 bits per heavy atom. The molecule has 2 heterocycles. The van der Waals surface area contributed by atoms with Crippen molar-refractivity contribution >= 4 is 39.2 Å². The van der Waals surface area contributed by atoms with Crippen molar-refractivity contribution < 1.29 is 19.1 Å². The molecule has 0 spiro atoms. The van der Waals surface area contributed by atoms with Crippen molar-refractivity contribution in [2.45, 2.75) is 26.3 Å². The Hall–Kier alpha value is -2.71. The third-order valence-corrected chi connectivity index (χ3v) is 5.62. The zero-order valence-electron chi connectivity index (χ0n) is 16.3. The van der Waals surface area contributed by atoms with E-state index in [1.165, 1.54) is 18.4 Å². The number of nitrogens with one attached hydrogen (secondary N) is 1. The fraction of sp³-hybridized carbons (Fsp3) is 0.350. The normalized spacial score (nSPS) is 11.2. The van der Waals surface area contributed by atoms with Crippen LogP contribution in [0.15, 0.2) is 30.5 Å². The molecule has 0 unspecified atom stereocenters. The average molecular weight is 401 g/mol. The standard InChI is InChI=1S/C20H23N3O4S/c1-12(2)17-16(19(25)27-4)21-20(28-17)22-18(24)14-6-5-13-7-8-23(9-10-26-3)15(13)11-14/h5-8,11-12H,9-10H2,1-4H3,(H,21,22,24). The molecule has 7 nitrogen and oxygen atoms in total. The zero-order valence-corrected chi connectivity index (χ0v) is 17.1. The Morgan fingerprint density at radius 1 is 1.25 bits per heavy atom. The summed E-state index contributed by atoms with van der Waals surface area (Å²) in [6, 6.07) is 7.54. The van der Waals surface area contributed by atoms with Crippen LogP contribution in [0.3, 0.4) is 0 Å². The molecule has 1 amide bonds. The van der Waals surface area contributed by atoms with Crippen LogP contribution in [0, 0.1) is 0 Å². The molecule has 8 heteroatoms. The van der Waals surface area contributed by atoms with Crippen LogP contribution >= 0.6 is 11.3 Å². The molecular formula is C20H23N3O4S. The first-order valence-electron chi connectivity index (χ1n) is 8.92. The maximum Gasteiger partial charge on any atom is 0.357 e. The first-order valence-corrected chi connectivity index (χ1v) is 9.74. The molecule has 0 aliphatic heterocycles. The number of carbonyl (C=O) groups is 2. The van der Waals surface area contributed by atoms with Crippen molar-refractivity contribution in [2.24, 2.45) is 0 Å². The number of nitrogens with zero attached hydrogens (tertiary/aromatic N) is 2. The Kier molecular flexibility index (Phi) is 6.11. The minimum Gasteiger partial charge on any atom is -0.464 e.